The fourth-order valence-corrected chi connectivity index (χ4v) is 4.45. The molecular weight excluding hydrogens is 527 g/mol. The number of ether oxygens (including phenoxy) is 3. The molecule has 1 aromatic heterocycles. The Morgan fingerprint density at radius 3 is 2.76 bits per heavy atom. The lowest BCUT2D eigenvalue weighted by Gasteiger charge is -2.20. The largest absolute Gasteiger partial charge is 0.494 e. The van der Waals surface area contributed by atoms with Gasteiger partial charge in [-0.05, 0) is 66.8 Å². The molecule has 0 saturated carbocycles. The first-order valence-electron chi connectivity index (χ1n) is 13.8. The van der Waals surface area contributed by atoms with E-state index < -0.39 is 0 Å². The van der Waals surface area contributed by atoms with E-state index >= 15 is 0 Å². The fraction of sp³-hybridized carbons (Fsp3) is 0.387. The molecule has 0 aliphatic carbocycles. The lowest BCUT2D eigenvalue weighted by atomic mass is 10.2. The van der Waals surface area contributed by atoms with Crippen molar-refractivity contribution < 1.29 is 28.2 Å². The summed E-state index contributed by atoms with van der Waals surface area (Å²) in [5.41, 5.74) is 2.64. The van der Waals surface area contributed by atoms with E-state index in [9.17, 15) is 14.0 Å². The highest BCUT2D eigenvalue weighted by atomic mass is 19.1. The zero-order valence-corrected chi connectivity index (χ0v) is 23.3. The van der Waals surface area contributed by atoms with E-state index in [1.807, 2.05) is 24.3 Å². The number of nitrogens with one attached hydrogen (secondary N) is 1. The third-order valence-electron chi connectivity index (χ3n) is 6.69. The first-order chi connectivity index (χ1) is 20.0. The molecule has 4 rings (SSSR count). The Balaban J connectivity index is 1.07. The van der Waals surface area contributed by atoms with Crippen LogP contribution in [0.2, 0.25) is 0 Å². The standard InChI is InChI=1S/C31H37FN4O5/c1-35(27-7-5-14-33-19-27)31(38)41-29-13-16-36(21-29)20-25-6-4-8-28(18-25)40-17-3-2-15-34-30(37)23-39-22-24-9-11-26(32)12-10-24/h4-12,14,18-19,29H,2-3,13,15-17,20-23H2,1H3,(H,34,37). The quantitative estimate of drug-likeness (QED) is 0.287. The van der Waals surface area contributed by atoms with E-state index in [2.05, 4.69) is 21.3 Å². The molecule has 2 aromatic carbocycles. The molecule has 3 aromatic rings. The van der Waals surface area contributed by atoms with Crippen molar-refractivity contribution in [1.29, 1.82) is 0 Å². The van der Waals surface area contributed by atoms with Crippen molar-refractivity contribution in [2.75, 3.05) is 44.8 Å². The summed E-state index contributed by atoms with van der Waals surface area (Å²) in [6.45, 7) is 3.59. The Kier molecular flexibility index (Phi) is 11.5. The lowest BCUT2D eigenvalue weighted by molar-refractivity contribution is -0.126. The van der Waals surface area contributed by atoms with Gasteiger partial charge in [-0.15, -0.1) is 0 Å². The van der Waals surface area contributed by atoms with Crippen molar-refractivity contribution in [1.82, 2.24) is 15.2 Å². The molecule has 9 nitrogen and oxygen atoms in total. The molecule has 1 aliphatic heterocycles. The van der Waals surface area contributed by atoms with Crippen molar-refractivity contribution in [3.8, 4) is 5.75 Å². The number of likely N-dealkylation sites (tertiary alicyclic amines) is 1. The molecule has 1 aliphatic rings. The molecule has 41 heavy (non-hydrogen) atoms. The number of hydrogen-bond donors (Lipinski definition) is 1. The number of pyridine rings is 1. The molecule has 1 saturated heterocycles. The number of rotatable bonds is 14. The van der Waals surface area contributed by atoms with Gasteiger partial charge >= 0.3 is 6.09 Å². The van der Waals surface area contributed by atoms with E-state index in [1.54, 1.807) is 37.6 Å². The second-order valence-electron chi connectivity index (χ2n) is 9.97. The molecule has 218 valence electrons. The number of anilines is 1. The minimum atomic E-state index is -0.380. The highest BCUT2D eigenvalue weighted by Gasteiger charge is 2.27. The van der Waals surface area contributed by atoms with Gasteiger partial charge in [-0.25, -0.2) is 9.18 Å². The summed E-state index contributed by atoms with van der Waals surface area (Å²) in [6, 6.07) is 17.6. The smallest absolute Gasteiger partial charge is 0.414 e. The number of nitrogens with zero attached hydrogens (tertiary/aromatic N) is 3. The number of carbonyl (C=O) groups is 2. The van der Waals surface area contributed by atoms with Gasteiger partial charge < -0.3 is 19.5 Å². The van der Waals surface area contributed by atoms with Crippen LogP contribution in [0.25, 0.3) is 0 Å². The number of carbonyl (C=O) groups excluding carboxylic acids is 2. The van der Waals surface area contributed by atoms with Crippen LogP contribution in [-0.4, -0.2) is 67.9 Å². The zero-order chi connectivity index (χ0) is 28.9. The van der Waals surface area contributed by atoms with Crippen LogP contribution in [0.4, 0.5) is 14.9 Å². The van der Waals surface area contributed by atoms with Gasteiger partial charge in [-0.1, -0.05) is 24.3 Å². The maximum Gasteiger partial charge on any atom is 0.414 e. The van der Waals surface area contributed by atoms with Crippen LogP contribution in [0.15, 0.2) is 73.1 Å². The minimum Gasteiger partial charge on any atom is -0.494 e. The number of aromatic nitrogens is 1. The van der Waals surface area contributed by atoms with E-state index in [-0.39, 0.29) is 37.1 Å². The van der Waals surface area contributed by atoms with Gasteiger partial charge in [0.2, 0.25) is 5.91 Å². The van der Waals surface area contributed by atoms with Crippen molar-refractivity contribution in [3.05, 3.63) is 90.0 Å². The molecule has 0 spiro atoms. The van der Waals surface area contributed by atoms with Crippen LogP contribution >= 0.6 is 0 Å². The van der Waals surface area contributed by atoms with Gasteiger partial charge in [0.1, 0.15) is 24.3 Å². The SMILES string of the molecule is CN(C(=O)OC1CCN(Cc2cccc(OCCCCNC(=O)COCc3ccc(F)cc3)c2)C1)c1cccnc1. The molecule has 0 bridgehead atoms. The summed E-state index contributed by atoms with van der Waals surface area (Å²) in [6.07, 6.45) is 5.14. The highest BCUT2D eigenvalue weighted by molar-refractivity contribution is 5.86. The predicted molar refractivity (Wildman–Crippen MR) is 153 cm³/mol. The predicted octanol–water partition coefficient (Wildman–Crippen LogP) is 4.56. The molecule has 10 heteroatoms. The number of hydrogen-bond acceptors (Lipinski definition) is 7. The molecule has 2 heterocycles. The first kappa shape index (κ1) is 30.0. The Hall–Kier alpha value is -4.02. The van der Waals surface area contributed by atoms with E-state index in [0.29, 0.717) is 25.4 Å². The van der Waals surface area contributed by atoms with Crippen LogP contribution in [0.5, 0.6) is 5.75 Å². The normalized spacial score (nSPS) is 14.9. The number of amides is 2. The number of unbranched alkanes of at least 4 members (excludes halogenated alkanes) is 1. The lowest BCUT2D eigenvalue weighted by Crippen LogP contribution is -2.32. The van der Waals surface area contributed by atoms with Gasteiger partial charge in [0, 0.05) is 39.4 Å². The molecule has 0 radical (unpaired) electrons. The molecule has 1 unspecified atom stereocenters. The molecule has 1 fully saturated rings. The van der Waals surface area contributed by atoms with Crippen molar-refractivity contribution in [2.45, 2.75) is 38.5 Å². The molecule has 1 N–H and O–H groups in total. The Morgan fingerprint density at radius 1 is 1.10 bits per heavy atom. The van der Waals surface area contributed by atoms with Gasteiger partial charge in [0.05, 0.1) is 25.1 Å². The van der Waals surface area contributed by atoms with E-state index in [4.69, 9.17) is 14.2 Å². The van der Waals surface area contributed by atoms with E-state index in [1.165, 1.54) is 17.0 Å². The van der Waals surface area contributed by atoms with Gasteiger partial charge in [0.15, 0.2) is 0 Å². The zero-order valence-electron chi connectivity index (χ0n) is 23.3. The van der Waals surface area contributed by atoms with Gasteiger partial charge in [-0.3, -0.25) is 19.6 Å². The monoisotopic (exact) mass is 564 g/mol. The molecule has 1 atom stereocenters. The highest BCUT2D eigenvalue weighted by Crippen LogP contribution is 2.21. The summed E-state index contributed by atoms with van der Waals surface area (Å²) in [5, 5.41) is 2.83. The first-order valence-corrected chi connectivity index (χ1v) is 13.8. The second-order valence-corrected chi connectivity index (χ2v) is 9.97. The van der Waals surface area contributed by atoms with E-state index in [0.717, 1.165) is 49.2 Å². The van der Waals surface area contributed by atoms with Gasteiger partial charge in [0.25, 0.3) is 0 Å². The average Bonchev–Trinajstić information content (AvgIpc) is 3.42. The van der Waals surface area contributed by atoms with Crippen molar-refractivity contribution in [3.63, 3.8) is 0 Å². The Bertz CT molecular complexity index is 1240. The summed E-state index contributed by atoms with van der Waals surface area (Å²) in [7, 11) is 1.68. The summed E-state index contributed by atoms with van der Waals surface area (Å²) in [5.74, 6) is 0.326. The van der Waals surface area contributed by atoms with Crippen LogP contribution in [0.1, 0.15) is 30.4 Å². The fourth-order valence-electron chi connectivity index (χ4n) is 4.45. The minimum absolute atomic E-state index is 0.0384. The van der Waals surface area contributed by atoms with Crippen molar-refractivity contribution in [2.24, 2.45) is 0 Å². The maximum atomic E-state index is 12.9. The molecule has 2 amide bonds. The summed E-state index contributed by atoms with van der Waals surface area (Å²) >= 11 is 0. The van der Waals surface area contributed by atoms with Gasteiger partial charge in [-0.2, -0.15) is 0 Å². The van der Waals surface area contributed by atoms with Crippen molar-refractivity contribution >= 4 is 17.7 Å². The summed E-state index contributed by atoms with van der Waals surface area (Å²) in [4.78, 5) is 32.2. The third kappa shape index (κ3) is 10.1. The maximum absolute atomic E-state index is 12.9. The summed E-state index contributed by atoms with van der Waals surface area (Å²) < 4.78 is 29.9. The van der Waals surface area contributed by atoms with Crippen LogP contribution in [-0.2, 0) is 27.4 Å². The number of benzene rings is 2. The topological polar surface area (TPSA) is 93.2 Å². The number of halogens is 1. The average molecular weight is 565 g/mol. The Morgan fingerprint density at radius 2 is 1.95 bits per heavy atom. The van der Waals surface area contributed by atoms with Crippen LogP contribution in [0.3, 0.4) is 0 Å². The van der Waals surface area contributed by atoms with Crippen LogP contribution < -0.4 is 15.0 Å². The molecular formula is C31H37FN4O5. The Labute approximate surface area is 240 Å². The van der Waals surface area contributed by atoms with Crippen LogP contribution in [0, 0.1) is 5.82 Å². The third-order valence-corrected chi connectivity index (χ3v) is 6.69. The second kappa shape index (κ2) is 15.7.